The molecule has 108 valence electrons. The number of aliphatic carboxylic acids is 3. The molecule has 1 amide bonds. The van der Waals surface area contributed by atoms with E-state index in [-0.39, 0.29) is 25.8 Å². The Balaban J connectivity index is 4.27. The van der Waals surface area contributed by atoms with Gasteiger partial charge in [-0.2, -0.15) is 0 Å². The summed E-state index contributed by atoms with van der Waals surface area (Å²) >= 11 is 0. The van der Waals surface area contributed by atoms with E-state index in [1.54, 1.807) is 0 Å². The van der Waals surface area contributed by atoms with E-state index < -0.39 is 35.7 Å². The number of nitrogens with one attached hydrogen (secondary N) is 1. The maximum Gasteiger partial charge on any atom is 0.307 e. The van der Waals surface area contributed by atoms with Gasteiger partial charge in [0.2, 0.25) is 5.91 Å². The maximum atomic E-state index is 11.4. The lowest BCUT2D eigenvalue weighted by Crippen LogP contribution is -2.31. The molecule has 0 fully saturated rings. The molecule has 0 aliphatic rings. The molecule has 0 aromatic heterocycles. The summed E-state index contributed by atoms with van der Waals surface area (Å²) in [5.74, 6) is -6.02. The number of hydrogen-bond acceptors (Lipinski definition) is 4. The topological polar surface area (TPSA) is 141 Å². The van der Waals surface area contributed by atoms with E-state index in [9.17, 15) is 19.2 Å². The van der Waals surface area contributed by atoms with E-state index in [0.29, 0.717) is 0 Å². The minimum atomic E-state index is -1.25. The first-order valence-electron chi connectivity index (χ1n) is 5.68. The number of hydrogen-bond donors (Lipinski definition) is 4. The zero-order chi connectivity index (χ0) is 15.0. The minimum absolute atomic E-state index is 0.0883. The summed E-state index contributed by atoms with van der Waals surface area (Å²) in [6.45, 7) is 1.27. The molecule has 0 aliphatic heterocycles. The molecule has 0 saturated heterocycles. The average Bonchev–Trinajstić information content (AvgIpc) is 2.26. The van der Waals surface area contributed by atoms with E-state index in [0.717, 1.165) is 0 Å². The Kier molecular flexibility index (Phi) is 7.16. The van der Waals surface area contributed by atoms with Crippen LogP contribution in [0.25, 0.3) is 0 Å². The standard InChI is InChI=1S/C11H17NO7/c1-6(10(16)17)4-7(11(18)19)5-8(13)12-3-2-9(14)15/h6-7H,2-5H2,1H3,(H,12,13)(H,14,15)(H,16,17)(H,18,19). The van der Waals surface area contributed by atoms with Gasteiger partial charge in [0.1, 0.15) is 0 Å². The van der Waals surface area contributed by atoms with Crippen molar-refractivity contribution in [2.75, 3.05) is 6.54 Å². The molecule has 0 spiro atoms. The van der Waals surface area contributed by atoms with Gasteiger partial charge in [0.05, 0.1) is 18.3 Å². The second kappa shape index (κ2) is 8.06. The zero-order valence-electron chi connectivity index (χ0n) is 10.5. The van der Waals surface area contributed by atoms with Crippen molar-refractivity contribution in [3.05, 3.63) is 0 Å². The van der Waals surface area contributed by atoms with Crippen LogP contribution in [-0.2, 0) is 19.2 Å². The Bertz CT molecular complexity index is 366. The van der Waals surface area contributed by atoms with Gasteiger partial charge >= 0.3 is 17.9 Å². The lowest BCUT2D eigenvalue weighted by Gasteiger charge is -2.14. The summed E-state index contributed by atoms with van der Waals surface area (Å²) in [4.78, 5) is 43.1. The fourth-order valence-corrected chi connectivity index (χ4v) is 1.40. The highest BCUT2D eigenvalue weighted by Gasteiger charge is 2.26. The van der Waals surface area contributed by atoms with Gasteiger partial charge < -0.3 is 20.6 Å². The molecule has 0 aromatic carbocycles. The van der Waals surface area contributed by atoms with Crippen molar-refractivity contribution < 1.29 is 34.5 Å². The third-order valence-corrected chi connectivity index (χ3v) is 2.50. The van der Waals surface area contributed by atoms with E-state index in [1.807, 2.05) is 0 Å². The Morgan fingerprint density at radius 1 is 1.05 bits per heavy atom. The second-order valence-corrected chi connectivity index (χ2v) is 4.21. The molecule has 0 aliphatic carbocycles. The van der Waals surface area contributed by atoms with Crippen molar-refractivity contribution in [1.82, 2.24) is 5.32 Å². The van der Waals surface area contributed by atoms with Crippen molar-refractivity contribution in [3.8, 4) is 0 Å². The molecule has 4 N–H and O–H groups in total. The first-order chi connectivity index (χ1) is 8.73. The van der Waals surface area contributed by atoms with E-state index in [1.165, 1.54) is 6.92 Å². The van der Waals surface area contributed by atoms with Gasteiger partial charge in [-0.3, -0.25) is 19.2 Å². The smallest absolute Gasteiger partial charge is 0.307 e. The highest BCUT2D eigenvalue weighted by molar-refractivity contribution is 5.83. The molecule has 2 atom stereocenters. The summed E-state index contributed by atoms with van der Waals surface area (Å²) in [6, 6.07) is 0. The van der Waals surface area contributed by atoms with Crippen molar-refractivity contribution in [3.63, 3.8) is 0 Å². The summed E-state index contributed by atoms with van der Waals surface area (Å²) < 4.78 is 0. The van der Waals surface area contributed by atoms with Gasteiger partial charge in [-0.05, 0) is 6.42 Å². The van der Waals surface area contributed by atoms with E-state index in [2.05, 4.69) is 5.32 Å². The lowest BCUT2D eigenvalue weighted by molar-refractivity contribution is -0.147. The van der Waals surface area contributed by atoms with Gasteiger partial charge in [-0.15, -0.1) is 0 Å². The molecular formula is C11H17NO7. The molecular weight excluding hydrogens is 258 g/mol. The van der Waals surface area contributed by atoms with Crippen LogP contribution in [0.3, 0.4) is 0 Å². The fourth-order valence-electron chi connectivity index (χ4n) is 1.40. The number of carboxylic acid groups (broad SMARTS) is 3. The van der Waals surface area contributed by atoms with Crippen molar-refractivity contribution in [2.24, 2.45) is 11.8 Å². The van der Waals surface area contributed by atoms with E-state index in [4.69, 9.17) is 15.3 Å². The van der Waals surface area contributed by atoms with Crippen LogP contribution in [0.5, 0.6) is 0 Å². The Hall–Kier alpha value is -2.12. The van der Waals surface area contributed by atoms with Crippen LogP contribution in [0.4, 0.5) is 0 Å². The molecule has 0 aromatic rings. The number of rotatable bonds is 9. The third kappa shape index (κ3) is 7.74. The second-order valence-electron chi connectivity index (χ2n) is 4.21. The molecule has 0 bridgehead atoms. The predicted molar refractivity (Wildman–Crippen MR) is 62.4 cm³/mol. The Morgan fingerprint density at radius 2 is 1.63 bits per heavy atom. The molecule has 0 radical (unpaired) electrons. The summed E-state index contributed by atoms with van der Waals surface area (Å²) in [6.07, 6.45) is -0.779. The van der Waals surface area contributed by atoms with Gasteiger partial charge in [0, 0.05) is 13.0 Å². The lowest BCUT2D eigenvalue weighted by atomic mass is 9.93. The Morgan fingerprint density at radius 3 is 2.05 bits per heavy atom. The molecule has 8 nitrogen and oxygen atoms in total. The number of carbonyl (C=O) groups is 4. The van der Waals surface area contributed by atoms with Crippen LogP contribution in [0.2, 0.25) is 0 Å². The molecule has 2 unspecified atom stereocenters. The van der Waals surface area contributed by atoms with Crippen molar-refractivity contribution in [1.29, 1.82) is 0 Å². The summed E-state index contributed by atoms with van der Waals surface area (Å²) in [5.41, 5.74) is 0. The van der Waals surface area contributed by atoms with Crippen LogP contribution < -0.4 is 5.32 Å². The van der Waals surface area contributed by atoms with Crippen molar-refractivity contribution >= 4 is 23.8 Å². The SMILES string of the molecule is CC(CC(CC(=O)NCCC(=O)O)C(=O)O)C(=O)O. The van der Waals surface area contributed by atoms with Gasteiger partial charge in [0.15, 0.2) is 0 Å². The normalized spacial score (nSPS) is 13.3. The van der Waals surface area contributed by atoms with Gasteiger partial charge in [0.25, 0.3) is 0 Å². The number of carbonyl (C=O) groups excluding carboxylic acids is 1. The monoisotopic (exact) mass is 275 g/mol. The van der Waals surface area contributed by atoms with Crippen LogP contribution in [0.15, 0.2) is 0 Å². The minimum Gasteiger partial charge on any atom is -0.481 e. The first kappa shape index (κ1) is 16.9. The van der Waals surface area contributed by atoms with Crippen molar-refractivity contribution in [2.45, 2.75) is 26.2 Å². The van der Waals surface area contributed by atoms with Gasteiger partial charge in [-0.1, -0.05) is 6.92 Å². The molecule has 19 heavy (non-hydrogen) atoms. The highest BCUT2D eigenvalue weighted by atomic mass is 16.4. The zero-order valence-corrected chi connectivity index (χ0v) is 10.5. The maximum absolute atomic E-state index is 11.4. The summed E-state index contributed by atoms with van der Waals surface area (Å²) in [5, 5.41) is 28.2. The number of carboxylic acids is 3. The molecule has 8 heteroatoms. The molecule has 0 saturated carbocycles. The molecule has 0 rings (SSSR count). The van der Waals surface area contributed by atoms with Crippen LogP contribution in [-0.4, -0.2) is 45.7 Å². The highest BCUT2D eigenvalue weighted by Crippen LogP contribution is 2.16. The largest absolute Gasteiger partial charge is 0.481 e. The van der Waals surface area contributed by atoms with Crippen LogP contribution >= 0.6 is 0 Å². The quantitative estimate of drug-likeness (QED) is 0.455. The number of amides is 1. The van der Waals surface area contributed by atoms with Gasteiger partial charge in [-0.25, -0.2) is 0 Å². The average molecular weight is 275 g/mol. The summed E-state index contributed by atoms with van der Waals surface area (Å²) in [7, 11) is 0. The Labute approximate surface area is 109 Å². The molecule has 0 heterocycles. The predicted octanol–water partition coefficient (Wildman–Crippen LogP) is -0.221. The fraction of sp³-hybridized carbons (Fsp3) is 0.636. The van der Waals surface area contributed by atoms with Crippen LogP contribution in [0, 0.1) is 11.8 Å². The van der Waals surface area contributed by atoms with E-state index >= 15 is 0 Å². The van der Waals surface area contributed by atoms with Crippen LogP contribution in [0.1, 0.15) is 26.2 Å². The first-order valence-corrected chi connectivity index (χ1v) is 5.68. The third-order valence-electron chi connectivity index (χ3n) is 2.50.